The number of rotatable bonds is 8. The fraction of sp³-hybridized carbons (Fsp3) is 0.375. The molecule has 3 aromatic rings. The maximum Gasteiger partial charge on any atom is 0.290 e. The van der Waals surface area contributed by atoms with Gasteiger partial charge in [0, 0.05) is 46.4 Å². The average Bonchev–Trinajstić information content (AvgIpc) is 3.18. The van der Waals surface area contributed by atoms with Crippen molar-refractivity contribution in [3.63, 3.8) is 0 Å². The van der Waals surface area contributed by atoms with E-state index in [0.717, 1.165) is 12.1 Å². The highest BCUT2D eigenvalue weighted by Gasteiger charge is 2.55. The predicted octanol–water partition coefficient (Wildman–Crippen LogP) is 7.98. The molecule has 0 aliphatic heterocycles. The van der Waals surface area contributed by atoms with Crippen molar-refractivity contribution in [2.45, 2.75) is 56.4 Å². The summed E-state index contributed by atoms with van der Waals surface area (Å²) in [6, 6.07) is 4.37. The fourth-order valence-electron chi connectivity index (χ4n) is 4.55. The predicted molar refractivity (Wildman–Crippen MR) is 126 cm³/mol. The summed E-state index contributed by atoms with van der Waals surface area (Å²) in [7, 11) is 0. The van der Waals surface area contributed by atoms with Crippen LogP contribution in [0, 0.1) is 11.6 Å². The maximum atomic E-state index is 14.7. The third-order valence-corrected chi connectivity index (χ3v) is 7.15. The second kappa shape index (κ2) is 10.7. The molecule has 0 bridgehead atoms. The van der Waals surface area contributed by atoms with Gasteiger partial charge in [0.1, 0.15) is 29.6 Å². The summed E-state index contributed by atoms with van der Waals surface area (Å²) in [6.45, 7) is -0.997. The Morgan fingerprint density at radius 3 is 2.21 bits per heavy atom. The fourth-order valence-corrected chi connectivity index (χ4v) is 5.86. The maximum absolute atomic E-state index is 14.7. The van der Waals surface area contributed by atoms with Gasteiger partial charge >= 0.3 is 0 Å². The largest absolute Gasteiger partial charge is 0.298 e. The molecule has 0 amide bonds. The lowest BCUT2D eigenvalue weighted by Gasteiger charge is -2.29. The Balaban J connectivity index is 1.69. The van der Waals surface area contributed by atoms with Crippen LogP contribution in [-0.4, -0.2) is 20.5 Å². The van der Waals surface area contributed by atoms with Crippen LogP contribution < -0.4 is 0 Å². The van der Waals surface area contributed by atoms with Gasteiger partial charge in [-0.05, 0) is 62.0 Å². The lowest BCUT2D eigenvalue weighted by atomic mass is 9.88. The molecule has 38 heavy (non-hydrogen) atoms. The van der Waals surface area contributed by atoms with E-state index in [0.29, 0.717) is 20.7 Å². The molecule has 2 heterocycles. The molecule has 204 valence electrons. The summed E-state index contributed by atoms with van der Waals surface area (Å²) < 4.78 is 114. The van der Waals surface area contributed by atoms with Crippen molar-refractivity contribution in [3.05, 3.63) is 79.3 Å². The van der Waals surface area contributed by atoms with Crippen LogP contribution in [0.25, 0.3) is 0 Å². The number of benzene rings is 1. The molecule has 0 radical (unpaired) electrons. The van der Waals surface area contributed by atoms with Crippen LogP contribution in [0.2, 0.25) is 0 Å². The Morgan fingerprint density at radius 2 is 1.61 bits per heavy atom. The van der Waals surface area contributed by atoms with E-state index in [1.807, 2.05) is 0 Å². The number of nitrogens with zero attached hydrogens (tertiary/aromatic N) is 3. The average molecular weight is 675 g/mol. The Kier molecular flexibility index (Phi) is 8.04. The standard InChI is InChI=1S/C24H17Br2F8N3O/c25-13-7-17(26)19(35-9-13)12(3-11-4-14(27)8-15(28)5-11)6-16(38)10-37-21-18(20(36-37)22(29)30)23(31,32)1-2-24(21,33)34/h4-5,7-9,12,22H,1-3,6,10H2/t12-/m1/s1. The molecule has 4 nitrogen and oxygen atoms in total. The van der Waals surface area contributed by atoms with Crippen LogP contribution in [0.1, 0.15) is 59.8 Å². The number of Topliss-reactive ketones (excluding diaryl/α,β-unsaturated/α-hetero) is 1. The van der Waals surface area contributed by atoms with E-state index in [4.69, 9.17) is 0 Å². The molecule has 2 aromatic heterocycles. The van der Waals surface area contributed by atoms with Crippen molar-refractivity contribution < 1.29 is 39.9 Å². The first kappa shape index (κ1) is 28.7. The minimum Gasteiger partial charge on any atom is -0.298 e. The molecule has 0 unspecified atom stereocenters. The first-order valence-electron chi connectivity index (χ1n) is 11.1. The van der Waals surface area contributed by atoms with Crippen LogP contribution >= 0.6 is 31.9 Å². The van der Waals surface area contributed by atoms with Crippen molar-refractivity contribution in [3.8, 4) is 0 Å². The lowest BCUT2D eigenvalue weighted by molar-refractivity contribution is -0.121. The Labute approximate surface area is 227 Å². The van der Waals surface area contributed by atoms with Crippen molar-refractivity contribution in [2.75, 3.05) is 0 Å². The van der Waals surface area contributed by atoms with E-state index in [1.54, 1.807) is 6.07 Å². The van der Waals surface area contributed by atoms with E-state index in [2.05, 4.69) is 41.9 Å². The zero-order valence-corrected chi connectivity index (χ0v) is 22.3. The summed E-state index contributed by atoms with van der Waals surface area (Å²) in [5.74, 6) is -11.3. The first-order valence-corrected chi connectivity index (χ1v) is 12.7. The summed E-state index contributed by atoms with van der Waals surface area (Å²) in [5, 5.41) is 3.29. The number of carbonyl (C=O) groups excluding carboxylic acids is 1. The van der Waals surface area contributed by atoms with E-state index in [9.17, 15) is 39.9 Å². The van der Waals surface area contributed by atoms with Crippen molar-refractivity contribution in [1.29, 1.82) is 0 Å². The Hall–Kier alpha value is -2.35. The normalized spacial score (nSPS) is 16.9. The number of carbonyl (C=O) groups is 1. The third kappa shape index (κ3) is 5.95. The molecule has 1 aliphatic carbocycles. The van der Waals surface area contributed by atoms with Gasteiger partial charge in [0.15, 0.2) is 5.78 Å². The highest BCUT2D eigenvalue weighted by molar-refractivity contribution is 9.11. The molecule has 4 rings (SSSR count). The third-order valence-electron chi connectivity index (χ3n) is 6.08. The quantitative estimate of drug-likeness (QED) is 0.228. The Morgan fingerprint density at radius 1 is 0.974 bits per heavy atom. The molecule has 1 aliphatic rings. The summed E-state index contributed by atoms with van der Waals surface area (Å²) in [5.41, 5.74) is -4.01. The molecule has 0 fully saturated rings. The van der Waals surface area contributed by atoms with Gasteiger partial charge < -0.3 is 0 Å². The number of alkyl halides is 6. The van der Waals surface area contributed by atoms with Crippen molar-refractivity contribution >= 4 is 37.6 Å². The lowest BCUT2D eigenvalue weighted by Crippen LogP contribution is -2.33. The molecule has 1 atom stereocenters. The molecule has 14 heteroatoms. The summed E-state index contributed by atoms with van der Waals surface area (Å²) in [4.78, 5) is 17.3. The molecule has 0 saturated heterocycles. The number of halogens is 10. The second-order valence-electron chi connectivity index (χ2n) is 8.92. The molecular weight excluding hydrogens is 658 g/mol. The van der Waals surface area contributed by atoms with Crippen LogP contribution in [0.3, 0.4) is 0 Å². The summed E-state index contributed by atoms with van der Waals surface area (Å²) in [6.07, 6.45) is -5.38. The Bertz CT molecular complexity index is 1360. The SMILES string of the molecule is O=C(C[C@@H](Cc1cc(F)cc(F)c1)c1ncc(Br)cc1Br)Cn1nc(C(F)F)c2c1C(F)(F)CCC2(F)F. The first-order chi connectivity index (χ1) is 17.7. The van der Waals surface area contributed by atoms with Gasteiger partial charge in [0.25, 0.3) is 18.3 Å². The van der Waals surface area contributed by atoms with Crippen molar-refractivity contribution in [2.24, 2.45) is 0 Å². The van der Waals surface area contributed by atoms with Gasteiger partial charge in [-0.25, -0.2) is 26.3 Å². The van der Waals surface area contributed by atoms with Gasteiger partial charge in [0.2, 0.25) is 0 Å². The number of ketones is 1. The summed E-state index contributed by atoms with van der Waals surface area (Å²) >= 11 is 6.54. The van der Waals surface area contributed by atoms with Crippen LogP contribution in [0.5, 0.6) is 0 Å². The van der Waals surface area contributed by atoms with Crippen LogP contribution in [-0.2, 0) is 29.6 Å². The van der Waals surface area contributed by atoms with E-state index in [1.165, 1.54) is 6.20 Å². The zero-order valence-electron chi connectivity index (χ0n) is 19.1. The molecule has 0 N–H and O–H groups in total. The van der Waals surface area contributed by atoms with Gasteiger partial charge in [-0.3, -0.25) is 14.5 Å². The van der Waals surface area contributed by atoms with Crippen molar-refractivity contribution in [1.82, 2.24) is 14.8 Å². The number of aromatic nitrogens is 3. The van der Waals surface area contributed by atoms with Crippen LogP contribution in [0.15, 0.2) is 39.4 Å². The number of pyridine rings is 1. The second-order valence-corrected chi connectivity index (χ2v) is 10.7. The van der Waals surface area contributed by atoms with Gasteiger partial charge in [-0.2, -0.15) is 13.9 Å². The highest BCUT2D eigenvalue weighted by atomic mass is 79.9. The molecule has 0 saturated carbocycles. The van der Waals surface area contributed by atoms with E-state index < -0.39 is 84.4 Å². The molecule has 1 aromatic carbocycles. The number of fused-ring (bicyclic) bond motifs is 1. The molecule has 0 spiro atoms. The monoisotopic (exact) mass is 673 g/mol. The molecular formula is C24H17Br2F8N3O. The van der Waals surface area contributed by atoms with E-state index >= 15 is 0 Å². The van der Waals surface area contributed by atoms with Gasteiger partial charge in [0.05, 0.1) is 11.3 Å². The van der Waals surface area contributed by atoms with Gasteiger partial charge in [-0.1, -0.05) is 0 Å². The number of hydrogen-bond acceptors (Lipinski definition) is 3. The number of hydrogen-bond donors (Lipinski definition) is 0. The minimum atomic E-state index is -3.97. The topological polar surface area (TPSA) is 47.8 Å². The minimum absolute atomic E-state index is 0.110. The van der Waals surface area contributed by atoms with Gasteiger partial charge in [-0.15, -0.1) is 0 Å². The van der Waals surface area contributed by atoms with E-state index in [-0.39, 0.29) is 16.7 Å². The smallest absolute Gasteiger partial charge is 0.290 e. The zero-order chi connectivity index (χ0) is 28.0. The highest BCUT2D eigenvalue weighted by Crippen LogP contribution is 2.52. The van der Waals surface area contributed by atoms with Crippen LogP contribution in [0.4, 0.5) is 35.1 Å².